The van der Waals surface area contributed by atoms with E-state index >= 15 is 0 Å². The lowest BCUT2D eigenvalue weighted by molar-refractivity contribution is 0.0939. The van der Waals surface area contributed by atoms with Crippen molar-refractivity contribution < 1.29 is 9.21 Å². The molecule has 0 saturated heterocycles. The fourth-order valence-corrected chi connectivity index (χ4v) is 1.77. The van der Waals surface area contributed by atoms with Gasteiger partial charge in [-0.25, -0.2) is 0 Å². The van der Waals surface area contributed by atoms with Crippen molar-refractivity contribution >= 4 is 21.8 Å². The maximum Gasteiger partial charge on any atom is 0.255 e. The van der Waals surface area contributed by atoms with Crippen LogP contribution in [0.15, 0.2) is 51.7 Å². The van der Waals surface area contributed by atoms with Crippen molar-refractivity contribution in [2.45, 2.75) is 13.0 Å². The van der Waals surface area contributed by atoms with Gasteiger partial charge in [0.2, 0.25) is 0 Å². The molecule has 1 amide bonds. The average molecular weight is 294 g/mol. The third kappa shape index (κ3) is 2.97. The molecule has 1 aromatic carbocycles. The number of hydrogen-bond donors (Lipinski definition) is 1. The van der Waals surface area contributed by atoms with Crippen LogP contribution in [0.1, 0.15) is 28.9 Å². The summed E-state index contributed by atoms with van der Waals surface area (Å²) in [6, 6.07) is 9.47. The van der Waals surface area contributed by atoms with Crippen molar-refractivity contribution in [3.05, 3.63) is 58.5 Å². The Morgan fingerprint density at radius 1 is 1.29 bits per heavy atom. The normalized spacial score (nSPS) is 12.1. The second-order valence-electron chi connectivity index (χ2n) is 3.76. The van der Waals surface area contributed by atoms with Crippen LogP contribution in [0, 0.1) is 0 Å². The van der Waals surface area contributed by atoms with Crippen molar-refractivity contribution in [3.63, 3.8) is 0 Å². The Hall–Kier alpha value is -1.55. The zero-order valence-electron chi connectivity index (χ0n) is 9.31. The maximum atomic E-state index is 11.8. The van der Waals surface area contributed by atoms with Gasteiger partial charge in [-0.3, -0.25) is 4.79 Å². The van der Waals surface area contributed by atoms with Crippen LogP contribution in [0.5, 0.6) is 0 Å². The van der Waals surface area contributed by atoms with Gasteiger partial charge in [0.25, 0.3) is 5.91 Å². The SMILES string of the molecule is C[C@H](NC(=O)c1ccoc1)c1ccc(Br)cc1. The van der Waals surface area contributed by atoms with Crippen molar-refractivity contribution in [1.82, 2.24) is 5.32 Å². The number of rotatable bonds is 3. The summed E-state index contributed by atoms with van der Waals surface area (Å²) in [6.45, 7) is 1.95. The first-order chi connectivity index (χ1) is 8.16. The third-order valence-corrected chi connectivity index (χ3v) is 3.03. The highest BCUT2D eigenvalue weighted by Crippen LogP contribution is 2.17. The molecule has 2 rings (SSSR count). The quantitative estimate of drug-likeness (QED) is 0.941. The highest BCUT2D eigenvalue weighted by Gasteiger charge is 2.11. The minimum absolute atomic E-state index is 0.0366. The Morgan fingerprint density at radius 2 is 2.00 bits per heavy atom. The van der Waals surface area contributed by atoms with Crippen molar-refractivity contribution in [3.8, 4) is 0 Å². The Bertz CT molecular complexity index is 491. The standard InChI is InChI=1S/C13H12BrNO2/c1-9(10-2-4-12(14)5-3-10)15-13(16)11-6-7-17-8-11/h2-9H,1H3,(H,15,16)/t9-/m0/s1. The molecule has 0 bridgehead atoms. The maximum absolute atomic E-state index is 11.8. The zero-order valence-corrected chi connectivity index (χ0v) is 10.9. The molecule has 0 radical (unpaired) electrons. The van der Waals surface area contributed by atoms with E-state index in [0.717, 1.165) is 10.0 Å². The lowest BCUT2D eigenvalue weighted by atomic mass is 10.1. The molecule has 0 spiro atoms. The van der Waals surface area contributed by atoms with Gasteiger partial charge < -0.3 is 9.73 Å². The van der Waals surface area contributed by atoms with Crippen molar-refractivity contribution in [1.29, 1.82) is 0 Å². The highest BCUT2D eigenvalue weighted by molar-refractivity contribution is 9.10. The summed E-state index contributed by atoms with van der Waals surface area (Å²) >= 11 is 3.38. The van der Waals surface area contributed by atoms with E-state index in [0.29, 0.717) is 5.56 Å². The van der Waals surface area contributed by atoms with E-state index in [1.807, 2.05) is 31.2 Å². The first-order valence-corrected chi connectivity index (χ1v) is 6.04. The summed E-state index contributed by atoms with van der Waals surface area (Å²) in [5.41, 5.74) is 1.60. The van der Waals surface area contributed by atoms with Crippen LogP contribution in [0.25, 0.3) is 0 Å². The number of hydrogen-bond acceptors (Lipinski definition) is 2. The molecule has 4 heteroatoms. The lowest BCUT2D eigenvalue weighted by Gasteiger charge is -2.13. The summed E-state index contributed by atoms with van der Waals surface area (Å²) in [5, 5.41) is 2.90. The molecule has 0 unspecified atom stereocenters. The van der Waals surface area contributed by atoms with Gasteiger partial charge in [-0.05, 0) is 30.7 Å². The average Bonchev–Trinajstić information content (AvgIpc) is 2.83. The summed E-state index contributed by atoms with van der Waals surface area (Å²) in [4.78, 5) is 11.8. The van der Waals surface area contributed by atoms with E-state index in [1.54, 1.807) is 6.07 Å². The van der Waals surface area contributed by atoms with Crippen molar-refractivity contribution in [2.75, 3.05) is 0 Å². The largest absolute Gasteiger partial charge is 0.472 e. The van der Waals surface area contributed by atoms with Gasteiger partial charge in [0.15, 0.2) is 0 Å². The molecule has 2 aromatic rings. The Morgan fingerprint density at radius 3 is 2.59 bits per heavy atom. The van der Waals surface area contributed by atoms with Crippen LogP contribution in [-0.4, -0.2) is 5.91 Å². The molecule has 1 aromatic heterocycles. The van der Waals surface area contributed by atoms with Crippen LogP contribution in [0.4, 0.5) is 0 Å². The van der Waals surface area contributed by atoms with Crippen LogP contribution >= 0.6 is 15.9 Å². The van der Waals surface area contributed by atoms with Gasteiger partial charge in [-0.1, -0.05) is 28.1 Å². The second-order valence-corrected chi connectivity index (χ2v) is 4.67. The number of nitrogens with one attached hydrogen (secondary N) is 1. The molecule has 1 atom stereocenters. The Labute approximate surface area is 108 Å². The fraction of sp³-hybridized carbons (Fsp3) is 0.154. The van der Waals surface area contributed by atoms with E-state index < -0.39 is 0 Å². The number of benzene rings is 1. The monoisotopic (exact) mass is 293 g/mol. The first kappa shape index (κ1) is 11.9. The molecule has 0 saturated carbocycles. The van der Waals surface area contributed by atoms with E-state index in [4.69, 9.17) is 4.42 Å². The number of halogens is 1. The van der Waals surface area contributed by atoms with E-state index in [9.17, 15) is 4.79 Å². The highest BCUT2D eigenvalue weighted by atomic mass is 79.9. The minimum Gasteiger partial charge on any atom is -0.472 e. The van der Waals surface area contributed by atoms with E-state index in [-0.39, 0.29) is 11.9 Å². The number of carbonyl (C=O) groups is 1. The molecule has 0 aliphatic rings. The van der Waals surface area contributed by atoms with E-state index in [1.165, 1.54) is 12.5 Å². The zero-order chi connectivity index (χ0) is 12.3. The smallest absolute Gasteiger partial charge is 0.255 e. The van der Waals surface area contributed by atoms with Gasteiger partial charge in [-0.15, -0.1) is 0 Å². The topological polar surface area (TPSA) is 42.2 Å². The summed E-state index contributed by atoms with van der Waals surface area (Å²) in [5.74, 6) is -0.130. The number of carbonyl (C=O) groups excluding carboxylic acids is 1. The molecular formula is C13H12BrNO2. The van der Waals surface area contributed by atoms with Crippen LogP contribution in [0.3, 0.4) is 0 Å². The van der Waals surface area contributed by atoms with Gasteiger partial charge >= 0.3 is 0 Å². The molecule has 1 N–H and O–H groups in total. The predicted molar refractivity (Wildman–Crippen MR) is 68.7 cm³/mol. The first-order valence-electron chi connectivity index (χ1n) is 5.25. The molecule has 0 aliphatic heterocycles. The van der Waals surface area contributed by atoms with Crippen LogP contribution < -0.4 is 5.32 Å². The van der Waals surface area contributed by atoms with Gasteiger partial charge in [-0.2, -0.15) is 0 Å². The molecular weight excluding hydrogens is 282 g/mol. The Balaban J connectivity index is 2.04. The molecule has 0 fully saturated rings. The summed E-state index contributed by atoms with van der Waals surface area (Å²) in [6.07, 6.45) is 2.92. The van der Waals surface area contributed by atoms with Crippen LogP contribution in [0.2, 0.25) is 0 Å². The fourth-order valence-electron chi connectivity index (χ4n) is 1.51. The molecule has 17 heavy (non-hydrogen) atoms. The van der Waals surface area contributed by atoms with Crippen molar-refractivity contribution in [2.24, 2.45) is 0 Å². The lowest BCUT2D eigenvalue weighted by Crippen LogP contribution is -2.26. The Kier molecular flexibility index (Phi) is 3.64. The molecule has 3 nitrogen and oxygen atoms in total. The van der Waals surface area contributed by atoms with Crippen LogP contribution in [-0.2, 0) is 0 Å². The predicted octanol–water partition coefficient (Wildman–Crippen LogP) is 3.53. The second kappa shape index (κ2) is 5.19. The van der Waals surface area contributed by atoms with Gasteiger partial charge in [0.05, 0.1) is 17.9 Å². The molecule has 0 aliphatic carbocycles. The molecule has 88 valence electrons. The number of amides is 1. The van der Waals surface area contributed by atoms with Gasteiger partial charge in [0.1, 0.15) is 6.26 Å². The molecule has 1 heterocycles. The minimum atomic E-state index is -0.130. The summed E-state index contributed by atoms with van der Waals surface area (Å²) in [7, 11) is 0. The van der Waals surface area contributed by atoms with E-state index in [2.05, 4.69) is 21.2 Å². The van der Waals surface area contributed by atoms with Gasteiger partial charge in [0, 0.05) is 4.47 Å². The number of furan rings is 1. The summed E-state index contributed by atoms with van der Waals surface area (Å²) < 4.78 is 5.89. The third-order valence-electron chi connectivity index (χ3n) is 2.50.